The average Bonchev–Trinajstić information content (AvgIpc) is 3.03. The van der Waals surface area contributed by atoms with Crippen LogP contribution in [0.3, 0.4) is 0 Å². The molecule has 0 amide bonds. The fourth-order valence-electron chi connectivity index (χ4n) is 1.78. The standard InChI is InChI=1S/C13H18N2O3S2/c1-3-14-8-12-6-13(10(2)18-12)20(16,17)15-7-11-4-5-19-9-11/h4-6,9,14-15H,3,7-8H2,1-2H3. The fourth-order valence-corrected chi connectivity index (χ4v) is 3.66. The largest absolute Gasteiger partial charge is 0.464 e. The lowest BCUT2D eigenvalue weighted by atomic mass is 10.4. The van der Waals surface area contributed by atoms with Crippen molar-refractivity contribution in [2.24, 2.45) is 0 Å². The van der Waals surface area contributed by atoms with Crippen molar-refractivity contribution in [1.29, 1.82) is 0 Å². The van der Waals surface area contributed by atoms with E-state index < -0.39 is 10.0 Å². The summed E-state index contributed by atoms with van der Waals surface area (Å²) in [6, 6.07) is 3.47. The number of furan rings is 1. The molecule has 20 heavy (non-hydrogen) atoms. The van der Waals surface area contributed by atoms with Crippen molar-refractivity contribution in [3.63, 3.8) is 0 Å². The van der Waals surface area contributed by atoms with Crippen molar-refractivity contribution < 1.29 is 12.8 Å². The molecule has 0 aliphatic rings. The molecule has 0 aromatic carbocycles. The minimum Gasteiger partial charge on any atom is -0.464 e. The molecule has 0 bridgehead atoms. The van der Waals surface area contributed by atoms with E-state index in [1.165, 1.54) is 0 Å². The van der Waals surface area contributed by atoms with E-state index in [0.29, 0.717) is 24.6 Å². The predicted octanol–water partition coefficient (Wildman–Crippen LogP) is 2.24. The van der Waals surface area contributed by atoms with E-state index in [1.807, 2.05) is 23.8 Å². The quantitative estimate of drug-likeness (QED) is 0.822. The topological polar surface area (TPSA) is 71.3 Å². The maximum Gasteiger partial charge on any atom is 0.244 e. The van der Waals surface area contributed by atoms with Gasteiger partial charge in [0.15, 0.2) is 0 Å². The van der Waals surface area contributed by atoms with Gasteiger partial charge in [0.2, 0.25) is 10.0 Å². The van der Waals surface area contributed by atoms with Crippen LogP contribution in [0.25, 0.3) is 0 Å². The van der Waals surface area contributed by atoms with E-state index in [4.69, 9.17) is 4.42 Å². The van der Waals surface area contributed by atoms with Crippen LogP contribution in [0.15, 0.2) is 32.2 Å². The van der Waals surface area contributed by atoms with Crippen LogP contribution in [-0.4, -0.2) is 15.0 Å². The third-order valence-electron chi connectivity index (χ3n) is 2.81. The van der Waals surface area contributed by atoms with E-state index in [0.717, 1.165) is 12.1 Å². The van der Waals surface area contributed by atoms with Gasteiger partial charge in [-0.2, -0.15) is 11.3 Å². The summed E-state index contributed by atoms with van der Waals surface area (Å²) in [6.07, 6.45) is 0. The molecule has 5 nitrogen and oxygen atoms in total. The molecule has 2 aromatic rings. The van der Waals surface area contributed by atoms with E-state index in [1.54, 1.807) is 24.3 Å². The van der Waals surface area contributed by atoms with Crippen molar-refractivity contribution >= 4 is 21.4 Å². The monoisotopic (exact) mass is 314 g/mol. The third kappa shape index (κ3) is 3.69. The molecule has 0 fully saturated rings. The van der Waals surface area contributed by atoms with Crippen molar-refractivity contribution in [2.45, 2.75) is 31.8 Å². The highest BCUT2D eigenvalue weighted by Gasteiger charge is 2.21. The summed E-state index contributed by atoms with van der Waals surface area (Å²) in [5, 5.41) is 6.94. The number of rotatable bonds is 7. The van der Waals surface area contributed by atoms with Crippen LogP contribution < -0.4 is 10.0 Å². The molecule has 2 rings (SSSR count). The SMILES string of the molecule is CCNCc1cc(S(=O)(=O)NCc2ccsc2)c(C)o1. The Balaban J connectivity index is 2.10. The van der Waals surface area contributed by atoms with Crippen LogP contribution in [0.4, 0.5) is 0 Å². The second-order valence-electron chi connectivity index (χ2n) is 4.37. The first-order chi connectivity index (χ1) is 9.53. The highest BCUT2D eigenvalue weighted by Crippen LogP contribution is 2.20. The zero-order valence-electron chi connectivity index (χ0n) is 11.5. The Labute approximate surface area is 123 Å². The number of thiophene rings is 1. The van der Waals surface area contributed by atoms with Gasteiger partial charge in [0.1, 0.15) is 16.4 Å². The Kier molecular flexibility index (Phi) is 4.98. The van der Waals surface area contributed by atoms with Crippen LogP contribution in [0.1, 0.15) is 24.0 Å². The normalized spacial score (nSPS) is 11.9. The number of nitrogens with one attached hydrogen (secondary N) is 2. The molecule has 0 radical (unpaired) electrons. The zero-order valence-corrected chi connectivity index (χ0v) is 13.1. The minimum absolute atomic E-state index is 0.209. The van der Waals surface area contributed by atoms with Gasteiger partial charge < -0.3 is 9.73 Å². The number of sulfonamides is 1. The second kappa shape index (κ2) is 6.53. The summed E-state index contributed by atoms with van der Waals surface area (Å²) in [4.78, 5) is 0.209. The van der Waals surface area contributed by atoms with Gasteiger partial charge in [0.05, 0.1) is 6.54 Å². The van der Waals surface area contributed by atoms with Crippen LogP contribution in [0.5, 0.6) is 0 Å². The van der Waals surface area contributed by atoms with Crippen LogP contribution >= 0.6 is 11.3 Å². The van der Waals surface area contributed by atoms with Gasteiger partial charge in [0, 0.05) is 12.6 Å². The molecule has 0 atom stereocenters. The van der Waals surface area contributed by atoms with Gasteiger partial charge in [-0.25, -0.2) is 13.1 Å². The summed E-state index contributed by atoms with van der Waals surface area (Å²) in [5.41, 5.74) is 0.951. The van der Waals surface area contributed by atoms with Gasteiger partial charge in [-0.15, -0.1) is 0 Å². The van der Waals surface area contributed by atoms with Crippen LogP contribution in [0.2, 0.25) is 0 Å². The summed E-state index contributed by atoms with van der Waals surface area (Å²) >= 11 is 1.54. The number of hydrogen-bond acceptors (Lipinski definition) is 5. The Morgan fingerprint density at radius 3 is 2.80 bits per heavy atom. The Morgan fingerprint density at radius 1 is 1.35 bits per heavy atom. The Hall–Kier alpha value is -1.15. The minimum atomic E-state index is -3.54. The summed E-state index contributed by atoms with van der Waals surface area (Å²) in [7, 11) is -3.54. The van der Waals surface area contributed by atoms with E-state index in [-0.39, 0.29) is 4.90 Å². The summed E-state index contributed by atoms with van der Waals surface area (Å²) < 4.78 is 32.5. The van der Waals surface area contributed by atoms with E-state index in [9.17, 15) is 8.42 Å². The lowest BCUT2D eigenvalue weighted by Gasteiger charge is -2.03. The average molecular weight is 314 g/mol. The van der Waals surface area contributed by atoms with Gasteiger partial charge >= 0.3 is 0 Å². The summed E-state index contributed by atoms with van der Waals surface area (Å²) in [5.74, 6) is 1.04. The molecule has 2 aromatic heterocycles. The molecule has 0 aliphatic carbocycles. The van der Waals surface area contributed by atoms with Crippen LogP contribution in [-0.2, 0) is 23.1 Å². The smallest absolute Gasteiger partial charge is 0.244 e. The Morgan fingerprint density at radius 2 is 2.15 bits per heavy atom. The molecule has 0 unspecified atom stereocenters. The number of aryl methyl sites for hydroxylation is 1. The molecule has 0 aliphatic heterocycles. The van der Waals surface area contributed by atoms with Crippen molar-refractivity contribution in [3.8, 4) is 0 Å². The molecular weight excluding hydrogens is 296 g/mol. The molecule has 0 spiro atoms. The van der Waals surface area contributed by atoms with Crippen molar-refractivity contribution in [1.82, 2.24) is 10.0 Å². The van der Waals surface area contributed by atoms with Gasteiger partial charge in [-0.05, 0) is 35.9 Å². The molecule has 7 heteroatoms. The lowest BCUT2D eigenvalue weighted by Crippen LogP contribution is -2.23. The van der Waals surface area contributed by atoms with Gasteiger partial charge in [-0.3, -0.25) is 0 Å². The molecule has 2 heterocycles. The van der Waals surface area contributed by atoms with E-state index in [2.05, 4.69) is 10.0 Å². The number of hydrogen-bond donors (Lipinski definition) is 2. The fraction of sp³-hybridized carbons (Fsp3) is 0.385. The summed E-state index contributed by atoms with van der Waals surface area (Å²) in [6.45, 7) is 5.26. The first kappa shape index (κ1) is 15.2. The van der Waals surface area contributed by atoms with Crippen LogP contribution in [0, 0.1) is 6.92 Å². The molecule has 110 valence electrons. The highest BCUT2D eigenvalue weighted by molar-refractivity contribution is 7.89. The Bertz CT molecular complexity index is 645. The molecule has 0 saturated carbocycles. The first-order valence-corrected chi connectivity index (χ1v) is 8.76. The van der Waals surface area contributed by atoms with Crippen molar-refractivity contribution in [2.75, 3.05) is 6.54 Å². The first-order valence-electron chi connectivity index (χ1n) is 6.33. The van der Waals surface area contributed by atoms with Crippen molar-refractivity contribution in [3.05, 3.63) is 40.0 Å². The van der Waals surface area contributed by atoms with Gasteiger partial charge in [-0.1, -0.05) is 6.92 Å². The second-order valence-corrected chi connectivity index (χ2v) is 6.89. The molecule has 0 saturated heterocycles. The lowest BCUT2D eigenvalue weighted by molar-refractivity contribution is 0.460. The molecular formula is C13H18N2O3S2. The molecule has 2 N–H and O–H groups in total. The predicted molar refractivity (Wildman–Crippen MR) is 79.2 cm³/mol. The maximum atomic E-state index is 12.2. The zero-order chi connectivity index (χ0) is 14.6. The highest BCUT2D eigenvalue weighted by atomic mass is 32.2. The third-order valence-corrected chi connectivity index (χ3v) is 5.05. The van der Waals surface area contributed by atoms with Gasteiger partial charge in [0.25, 0.3) is 0 Å². The maximum absolute atomic E-state index is 12.2. The van der Waals surface area contributed by atoms with E-state index >= 15 is 0 Å².